The first-order valence-electron chi connectivity index (χ1n) is 6.42. The molecule has 94 valence electrons. The number of anilines is 1. The number of halogens is 1. The zero-order valence-electron chi connectivity index (χ0n) is 10.7. The van der Waals surface area contributed by atoms with Crippen LogP contribution in [-0.2, 0) is 6.54 Å². The van der Waals surface area contributed by atoms with Gasteiger partial charge in [0.2, 0.25) is 0 Å². The molecule has 0 spiro atoms. The van der Waals surface area contributed by atoms with Crippen LogP contribution in [0.25, 0.3) is 0 Å². The summed E-state index contributed by atoms with van der Waals surface area (Å²) in [4.78, 5) is 2.50. The van der Waals surface area contributed by atoms with Gasteiger partial charge in [-0.2, -0.15) is 0 Å². The number of benzene rings is 1. The summed E-state index contributed by atoms with van der Waals surface area (Å²) >= 11 is 6.31. The molecule has 17 heavy (non-hydrogen) atoms. The van der Waals surface area contributed by atoms with Gasteiger partial charge in [0.1, 0.15) is 0 Å². The van der Waals surface area contributed by atoms with Gasteiger partial charge in [-0.25, -0.2) is 0 Å². The highest BCUT2D eigenvalue weighted by atomic mass is 35.5. The van der Waals surface area contributed by atoms with Gasteiger partial charge in [0.15, 0.2) is 0 Å². The van der Waals surface area contributed by atoms with E-state index in [1.807, 2.05) is 13.1 Å². The molecule has 0 aromatic heterocycles. The minimum Gasteiger partial charge on any atom is -0.369 e. The molecule has 1 atom stereocenters. The average molecular weight is 253 g/mol. The molecule has 0 saturated carbocycles. The normalized spacial score (nSPS) is 20.6. The Kier molecular flexibility index (Phi) is 4.30. The Bertz CT molecular complexity index is 378. The van der Waals surface area contributed by atoms with Crippen LogP contribution in [-0.4, -0.2) is 19.6 Å². The fourth-order valence-corrected chi connectivity index (χ4v) is 2.86. The third-order valence-corrected chi connectivity index (χ3v) is 3.91. The van der Waals surface area contributed by atoms with Crippen LogP contribution in [0.15, 0.2) is 18.2 Å². The topological polar surface area (TPSA) is 15.3 Å². The maximum atomic E-state index is 6.31. The van der Waals surface area contributed by atoms with Gasteiger partial charge < -0.3 is 10.2 Å². The van der Waals surface area contributed by atoms with Crippen molar-refractivity contribution < 1.29 is 0 Å². The number of hydrogen-bond donors (Lipinski definition) is 1. The summed E-state index contributed by atoms with van der Waals surface area (Å²) in [6.45, 7) is 4.29. The zero-order valence-corrected chi connectivity index (χ0v) is 11.4. The quantitative estimate of drug-likeness (QED) is 0.887. The summed E-state index contributed by atoms with van der Waals surface area (Å²) in [6.07, 6.45) is 3.92. The predicted octanol–water partition coefficient (Wildman–Crippen LogP) is 3.44. The monoisotopic (exact) mass is 252 g/mol. The second-order valence-electron chi connectivity index (χ2n) is 4.81. The number of rotatable bonds is 3. The van der Waals surface area contributed by atoms with Crippen LogP contribution in [0.2, 0.25) is 5.02 Å². The lowest BCUT2D eigenvalue weighted by Gasteiger charge is -2.37. The molecule has 0 aliphatic carbocycles. The van der Waals surface area contributed by atoms with E-state index in [2.05, 4.69) is 29.3 Å². The van der Waals surface area contributed by atoms with Gasteiger partial charge in [0, 0.05) is 35.4 Å². The van der Waals surface area contributed by atoms with Crippen LogP contribution in [0.3, 0.4) is 0 Å². The molecule has 3 heteroatoms. The molecular weight excluding hydrogens is 232 g/mol. The minimum absolute atomic E-state index is 0.623. The Hall–Kier alpha value is -0.730. The van der Waals surface area contributed by atoms with Crippen molar-refractivity contribution in [1.82, 2.24) is 5.32 Å². The third kappa shape index (κ3) is 2.75. The Morgan fingerprint density at radius 1 is 1.41 bits per heavy atom. The maximum absolute atomic E-state index is 6.31. The lowest BCUT2D eigenvalue weighted by atomic mass is 10.0. The van der Waals surface area contributed by atoms with Gasteiger partial charge in [-0.1, -0.05) is 17.7 Å². The van der Waals surface area contributed by atoms with Gasteiger partial charge in [0.05, 0.1) is 0 Å². The number of piperidine rings is 1. The van der Waals surface area contributed by atoms with E-state index >= 15 is 0 Å². The Balaban J connectivity index is 2.32. The van der Waals surface area contributed by atoms with E-state index in [9.17, 15) is 0 Å². The van der Waals surface area contributed by atoms with Gasteiger partial charge in [0.25, 0.3) is 0 Å². The van der Waals surface area contributed by atoms with Crippen LogP contribution in [0, 0.1) is 0 Å². The average Bonchev–Trinajstić information content (AvgIpc) is 2.33. The van der Waals surface area contributed by atoms with E-state index in [0.29, 0.717) is 6.04 Å². The van der Waals surface area contributed by atoms with E-state index in [1.165, 1.54) is 30.5 Å². The van der Waals surface area contributed by atoms with Gasteiger partial charge >= 0.3 is 0 Å². The number of nitrogens with one attached hydrogen (secondary N) is 1. The van der Waals surface area contributed by atoms with E-state index in [-0.39, 0.29) is 0 Å². The fraction of sp³-hybridized carbons (Fsp3) is 0.571. The summed E-state index contributed by atoms with van der Waals surface area (Å²) in [5.41, 5.74) is 2.53. The molecule has 1 fully saturated rings. The van der Waals surface area contributed by atoms with Crippen molar-refractivity contribution in [2.24, 2.45) is 0 Å². The van der Waals surface area contributed by atoms with E-state index in [1.54, 1.807) is 0 Å². The zero-order chi connectivity index (χ0) is 12.3. The molecule has 1 saturated heterocycles. The highest BCUT2D eigenvalue weighted by Gasteiger charge is 2.21. The van der Waals surface area contributed by atoms with Crippen LogP contribution in [0.4, 0.5) is 5.69 Å². The first-order chi connectivity index (χ1) is 8.24. The SMILES string of the molecule is CNCc1c(Cl)cccc1N1CCCCC1C. The third-order valence-electron chi connectivity index (χ3n) is 3.56. The molecular formula is C14H21ClN2. The summed E-state index contributed by atoms with van der Waals surface area (Å²) in [5, 5.41) is 4.08. The van der Waals surface area contributed by atoms with E-state index in [4.69, 9.17) is 11.6 Å². The van der Waals surface area contributed by atoms with Crippen molar-refractivity contribution in [3.05, 3.63) is 28.8 Å². The molecule has 1 aromatic carbocycles. The van der Waals surface area contributed by atoms with Crippen molar-refractivity contribution in [3.63, 3.8) is 0 Å². The molecule has 1 aliphatic rings. The van der Waals surface area contributed by atoms with Crippen molar-refractivity contribution in [2.45, 2.75) is 38.8 Å². The molecule has 2 nitrogen and oxygen atoms in total. The molecule has 1 aliphatic heterocycles. The first kappa shape index (κ1) is 12.7. The highest BCUT2D eigenvalue weighted by molar-refractivity contribution is 6.31. The lowest BCUT2D eigenvalue weighted by molar-refractivity contribution is 0.483. The van der Waals surface area contributed by atoms with Gasteiger partial charge in [-0.05, 0) is 45.4 Å². The number of hydrogen-bond acceptors (Lipinski definition) is 2. The van der Waals surface area contributed by atoms with Crippen LogP contribution in [0.5, 0.6) is 0 Å². The molecule has 0 bridgehead atoms. The number of nitrogens with zero attached hydrogens (tertiary/aromatic N) is 1. The molecule has 2 rings (SSSR count). The summed E-state index contributed by atoms with van der Waals surface area (Å²) in [7, 11) is 1.97. The molecule has 0 amide bonds. The Morgan fingerprint density at radius 2 is 2.24 bits per heavy atom. The Morgan fingerprint density at radius 3 is 2.94 bits per heavy atom. The smallest absolute Gasteiger partial charge is 0.0471 e. The van der Waals surface area contributed by atoms with Gasteiger partial charge in [-0.3, -0.25) is 0 Å². The molecule has 1 heterocycles. The molecule has 1 N–H and O–H groups in total. The lowest BCUT2D eigenvalue weighted by Crippen LogP contribution is -2.38. The second kappa shape index (κ2) is 5.74. The van der Waals surface area contributed by atoms with Crippen LogP contribution in [0.1, 0.15) is 31.7 Å². The first-order valence-corrected chi connectivity index (χ1v) is 6.80. The fourth-order valence-electron chi connectivity index (χ4n) is 2.62. The summed E-state index contributed by atoms with van der Waals surface area (Å²) in [6, 6.07) is 6.85. The molecule has 1 aromatic rings. The van der Waals surface area contributed by atoms with Crippen molar-refractivity contribution in [3.8, 4) is 0 Å². The Labute approximate surface area is 109 Å². The molecule has 1 unspecified atom stereocenters. The minimum atomic E-state index is 0.623. The second-order valence-corrected chi connectivity index (χ2v) is 5.21. The highest BCUT2D eigenvalue weighted by Crippen LogP contribution is 2.31. The largest absolute Gasteiger partial charge is 0.369 e. The van der Waals surface area contributed by atoms with Crippen LogP contribution >= 0.6 is 11.6 Å². The van der Waals surface area contributed by atoms with Crippen molar-refractivity contribution in [2.75, 3.05) is 18.5 Å². The maximum Gasteiger partial charge on any atom is 0.0471 e. The predicted molar refractivity (Wildman–Crippen MR) is 74.9 cm³/mol. The van der Waals surface area contributed by atoms with E-state index < -0.39 is 0 Å². The van der Waals surface area contributed by atoms with Gasteiger partial charge in [-0.15, -0.1) is 0 Å². The standard InChI is InChI=1S/C14H21ClN2/c1-11-6-3-4-9-17(11)14-8-5-7-13(15)12(14)10-16-2/h5,7-8,11,16H,3-4,6,9-10H2,1-2H3. The summed E-state index contributed by atoms with van der Waals surface area (Å²) < 4.78 is 0. The van der Waals surface area contributed by atoms with Crippen molar-refractivity contribution >= 4 is 17.3 Å². The van der Waals surface area contributed by atoms with E-state index in [0.717, 1.165) is 18.1 Å². The molecule has 0 radical (unpaired) electrons. The van der Waals surface area contributed by atoms with Crippen molar-refractivity contribution in [1.29, 1.82) is 0 Å². The summed E-state index contributed by atoms with van der Waals surface area (Å²) in [5.74, 6) is 0. The van der Waals surface area contributed by atoms with Crippen LogP contribution < -0.4 is 10.2 Å².